The topological polar surface area (TPSA) is 82.2 Å². The van der Waals surface area contributed by atoms with Crippen LogP contribution >= 0.6 is 0 Å². The third kappa shape index (κ3) is 4.08. The highest BCUT2D eigenvalue weighted by atomic mass is 16.2. The molecule has 5 heteroatoms. The summed E-state index contributed by atoms with van der Waals surface area (Å²) in [4.78, 5) is 13.6. The van der Waals surface area contributed by atoms with Crippen LogP contribution in [0.3, 0.4) is 0 Å². The Kier molecular flexibility index (Phi) is 5.17. The van der Waals surface area contributed by atoms with Gasteiger partial charge in [0.1, 0.15) is 0 Å². The molecule has 0 aliphatic heterocycles. The Morgan fingerprint density at radius 2 is 2.06 bits per heavy atom. The van der Waals surface area contributed by atoms with E-state index in [1.165, 1.54) is 0 Å². The van der Waals surface area contributed by atoms with Gasteiger partial charge in [-0.2, -0.15) is 0 Å². The molecular weight excluding hydrogens is 228 g/mol. The average molecular weight is 248 g/mol. The maximum atomic E-state index is 12.0. The van der Waals surface area contributed by atoms with Crippen molar-refractivity contribution in [1.82, 2.24) is 4.90 Å². The molecule has 0 aliphatic carbocycles. The predicted molar refractivity (Wildman–Crippen MR) is 73.8 cm³/mol. The van der Waals surface area contributed by atoms with E-state index in [4.69, 9.17) is 11.1 Å². The van der Waals surface area contributed by atoms with Gasteiger partial charge in [-0.15, -0.1) is 0 Å². The molecule has 2 amide bonds. The second kappa shape index (κ2) is 6.64. The van der Waals surface area contributed by atoms with Crippen molar-refractivity contribution >= 4 is 17.6 Å². The lowest BCUT2D eigenvalue weighted by molar-refractivity contribution is 0.211. The fourth-order valence-electron chi connectivity index (χ4n) is 1.51. The number of urea groups is 1. The third-order valence-electron chi connectivity index (χ3n) is 2.72. The SMILES string of the molecule is CCN(CC(C)C(=N)N)C(=O)Nc1ccccc1. The van der Waals surface area contributed by atoms with Gasteiger partial charge in [0.25, 0.3) is 0 Å². The molecule has 1 unspecified atom stereocenters. The minimum Gasteiger partial charge on any atom is -0.387 e. The number of nitrogens with one attached hydrogen (secondary N) is 2. The highest BCUT2D eigenvalue weighted by Crippen LogP contribution is 2.08. The molecule has 0 saturated heterocycles. The van der Waals surface area contributed by atoms with Crippen LogP contribution in [0.2, 0.25) is 0 Å². The minimum absolute atomic E-state index is 0.0981. The monoisotopic (exact) mass is 248 g/mol. The zero-order chi connectivity index (χ0) is 13.5. The fourth-order valence-corrected chi connectivity index (χ4v) is 1.51. The summed E-state index contributed by atoms with van der Waals surface area (Å²) in [5.41, 5.74) is 6.18. The number of hydrogen-bond donors (Lipinski definition) is 3. The quantitative estimate of drug-likeness (QED) is 0.551. The molecule has 0 fully saturated rings. The van der Waals surface area contributed by atoms with Gasteiger partial charge in [0.15, 0.2) is 0 Å². The average Bonchev–Trinajstić information content (AvgIpc) is 2.36. The van der Waals surface area contributed by atoms with Crippen LogP contribution in [0.1, 0.15) is 13.8 Å². The van der Waals surface area contributed by atoms with Crippen molar-refractivity contribution in [3.63, 3.8) is 0 Å². The van der Waals surface area contributed by atoms with E-state index in [0.29, 0.717) is 13.1 Å². The summed E-state index contributed by atoms with van der Waals surface area (Å²) in [6.45, 7) is 4.76. The summed E-state index contributed by atoms with van der Waals surface area (Å²) in [5.74, 6) is -0.0348. The highest BCUT2D eigenvalue weighted by Gasteiger charge is 2.16. The fraction of sp³-hybridized carbons (Fsp3) is 0.385. The second-order valence-electron chi connectivity index (χ2n) is 4.19. The molecule has 1 atom stereocenters. The summed E-state index contributed by atoms with van der Waals surface area (Å²) in [5, 5.41) is 10.2. The van der Waals surface area contributed by atoms with Crippen molar-refractivity contribution in [3.8, 4) is 0 Å². The lowest BCUT2D eigenvalue weighted by atomic mass is 10.1. The van der Waals surface area contributed by atoms with E-state index in [9.17, 15) is 4.79 Å². The first kappa shape index (κ1) is 14.0. The lowest BCUT2D eigenvalue weighted by Crippen LogP contribution is -2.40. The largest absolute Gasteiger partial charge is 0.387 e. The molecular formula is C13H20N4O. The van der Waals surface area contributed by atoms with Crippen LogP contribution in [0, 0.1) is 11.3 Å². The number of anilines is 1. The molecule has 4 N–H and O–H groups in total. The summed E-state index contributed by atoms with van der Waals surface area (Å²) in [6, 6.07) is 9.12. The number of amidine groups is 1. The Balaban J connectivity index is 2.60. The van der Waals surface area contributed by atoms with Crippen molar-refractivity contribution in [1.29, 1.82) is 5.41 Å². The first-order valence-electron chi connectivity index (χ1n) is 5.99. The van der Waals surface area contributed by atoms with Crippen molar-refractivity contribution < 1.29 is 4.79 Å². The van der Waals surface area contributed by atoms with Crippen LogP contribution in [0.5, 0.6) is 0 Å². The summed E-state index contributed by atoms with van der Waals surface area (Å²) in [7, 11) is 0. The van der Waals surface area contributed by atoms with Crippen molar-refractivity contribution in [3.05, 3.63) is 30.3 Å². The number of hydrogen-bond acceptors (Lipinski definition) is 2. The number of carbonyl (C=O) groups is 1. The van der Waals surface area contributed by atoms with E-state index in [1.807, 2.05) is 44.2 Å². The molecule has 0 radical (unpaired) electrons. The van der Waals surface area contributed by atoms with Crippen molar-refractivity contribution in [2.24, 2.45) is 11.7 Å². The lowest BCUT2D eigenvalue weighted by Gasteiger charge is -2.24. The van der Waals surface area contributed by atoms with Gasteiger partial charge in [-0.05, 0) is 19.1 Å². The number of amides is 2. The highest BCUT2D eigenvalue weighted by molar-refractivity contribution is 5.89. The molecule has 0 saturated carbocycles. The Labute approximate surface area is 107 Å². The van der Waals surface area contributed by atoms with Gasteiger partial charge in [0.05, 0.1) is 5.84 Å². The van der Waals surface area contributed by atoms with Gasteiger partial charge in [-0.1, -0.05) is 25.1 Å². The first-order chi connectivity index (χ1) is 8.54. The molecule has 0 aliphatic rings. The van der Waals surface area contributed by atoms with E-state index in [2.05, 4.69) is 5.32 Å². The van der Waals surface area contributed by atoms with E-state index >= 15 is 0 Å². The minimum atomic E-state index is -0.170. The Morgan fingerprint density at radius 3 is 2.56 bits per heavy atom. The summed E-state index contributed by atoms with van der Waals surface area (Å²) >= 11 is 0. The molecule has 18 heavy (non-hydrogen) atoms. The molecule has 0 heterocycles. The molecule has 1 aromatic carbocycles. The van der Waals surface area contributed by atoms with Crippen LogP contribution in [0.25, 0.3) is 0 Å². The number of nitrogens with two attached hydrogens (primary N) is 1. The summed E-state index contributed by atoms with van der Waals surface area (Å²) in [6.07, 6.45) is 0. The standard InChI is InChI=1S/C13H20N4O/c1-3-17(9-10(2)12(14)15)13(18)16-11-7-5-4-6-8-11/h4-8,10H,3,9H2,1-2H3,(H3,14,15)(H,16,18). The van der Waals surface area contributed by atoms with Crippen LogP contribution in [-0.2, 0) is 0 Å². The molecule has 0 aromatic heterocycles. The number of carbonyl (C=O) groups excluding carboxylic acids is 1. The zero-order valence-corrected chi connectivity index (χ0v) is 10.8. The Bertz CT molecular complexity index is 405. The van der Waals surface area contributed by atoms with Gasteiger partial charge < -0.3 is 16.0 Å². The summed E-state index contributed by atoms with van der Waals surface area (Å²) < 4.78 is 0. The Hall–Kier alpha value is -2.04. The molecule has 1 rings (SSSR count). The van der Waals surface area contributed by atoms with E-state index < -0.39 is 0 Å². The maximum Gasteiger partial charge on any atom is 0.321 e. The van der Waals surface area contributed by atoms with Gasteiger partial charge in [0.2, 0.25) is 0 Å². The smallest absolute Gasteiger partial charge is 0.321 e. The van der Waals surface area contributed by atoms with Crippen LogP contribution < -0.4 is 11.1 Å². The predicted octanol–water partition coefficient (Wildman–Crippen LogP) is 2.11. The van der Waals surface area contributed by atoms with E-state index in [1.54, 1.807) is 4.90 Å². The molecule has 5 nitrogen and oxygen atoms in total. The molecule has 1 aromatic rings. The van der Waals surface area contributed by atoms with Crippen LogP contribution in [0.4, 0.5) is 10.5 Å². The normalized spacial score (nSPS) is 11.7. The van der Waals surface area contributed by atoms with Crippen LogP contribution in [0.15, 0.2) is 30.3 Å². The second-order valence-corrected chi connectivity index (χ2v) is 4.19. The van der Waals surface area contributed by atoms with Gasteiger partial charge >= 0.3 is 6.03 Å². The molecule has 0 bridgehead atoms. The van der Waals surface area contributed by atoms with E-state index in [0.717, 1.165) is 5.69 Å². The number of nitrogens with zero attached hydrogens (tertiary/aromatic N) is 1. The first-order valence-corrected chi connectivity index (χ1v) is 5.99. The number of benzene rings is 1. The van der Waals surface area contributed by atoms with Gasteiger partial charge in [-0.25, -0.2) is 4.79 Å². The number of para-hydroxylation sites is 1. The maximum absolute atomic E-state index is 12.0. The van der Waals surface area contributed by atoms with Gasteiger partial charge in [-0.3, -0.25) is 5.41 Å². The van der Waals surface area contributed by atoms with Crippen LogP contribution in [-0.4, -0.2) is 29.9 Å². The Morgan fingerprint density at radius 1 is 1.44 bits per heavy atom. The zero-order valence-electron chi connectivity index (χ0n) is 10.8. The molecule has 0 spiro atoms. The number of rotatable bonds is 5. The van der Waals surface area contributed by atoms with Crippen molar-refractivity contribution in [2.75, 3.05) is 18.4 Å². The van der Waals surface area contributed by atoms with E-state index in [-0.39, 0.29) is 17.8 Å². The molecule has 98 valence electrons. The van der Waals surface area contributed by atoms with Crippen molar-refractivity contribution in [2.45, 2.75) is 13.8 Å². The third-order valence-corrected chi connectivity index (χ3v) is 2.72. The van der Waals surface area contributed by atoms with Gasteiger partial charge in [0, 0.05) is 24.7 Å².